The van der Waals surface area contributed by atoms with Crippen LogP contribution in [0.5, 0.6) is 0 Å². The van der Waals surface area contributed by atoms with Crippen molar-refractivity contribution in [1.29, 1.82) is 0 Å². The topological polar surface area (TPSA) is 55.1 Å². The minimum absolute atomic E-state index is 0.0992. The van der Waals surface area contributed by atoms with E-state index in [-0.39, 0.29) is 39.1 Å². The van der Waals surface area contributed by atoms with Gasteiger partial charge in [-0.1, -0.05) is 58.9 Å². The van der Waals surface area contributed by atoms with Gasteiger partial charge in [-0.2, -0.15) is 0 Å². The van der Waals surface area contributed by atoms with Crippen molar-refractivity contribution in [2.24, 2.45) is 56.7 Å². The highest BCUT2D eigenvalue weighted by Gasteiger charge is 2.71. The van der Waals surface area contributed by atoms with Crippen molar-refractivity contribution in [3.63, 3.8) is 0 Å². The van der Waals surface area contributed by atoms with Gasteiger partial charge in [-0.3, -0.25) is 9.36 Å². The maximum atomic E-state index is 14.2. The third-order valence-corrected chi connectivity index (χ3v) is 13.7. The summed E-state index contributed by atoms with van der Waals surface area (Å²) in [5.74, 6) is 2.69. The van der Waals surface area contributed by atoms with E-state index in [1.165, 1.54) is 31.3 Å². The second-order valence-electron chi connectivity index (χ2n) is 15.1. The number of aliphatic hydroxyl groups is 1. The van der Waals surface area contributed by atoms with Gasteiger partial charge in [0.1, 0.15) is 6.33 Å². The Morgan fingerprint density at radius 2 is 1.73 bits per heavy atom. The van der Waals surface area contributed by atoms with Crippen LogP contribution in [-0.2, 0) is 0 Å². The molecule has 1 N–H and O–H groups in total. The monoisotopic (exact) mass is 504 g/mol. The van der Waals surface area contributed by atoms with Gasteiger partial charge >= 0.3 is 0 Å². The van der Waals surface area contributed by atoms with Crippen LogP contribution < -0.4 is 0 Å². The summed E-state index contributed by atoms with van der Waals surface area (Å²) in [6, 6.07) is 0. The molecule has 4 heteroatoms. The molecular weight excluding hydrogens is 456 g/mol. The molecule has 4 fully saturated rings. The number of aromatic nitrogens is 2. The third-order valence-electron chi connectivity index (χ3n) is 13.7. The molecule has 1 heterocycles. The number of carbonyl (C=O) groups is 1. The number of rotatable bonds is 2. The van der Waals surface area contributed by atoms with E-state index in [2.05, 4.69) is 65.3 Å². The third kappa shape index (κ3) is 3.06. The smallest absolute Gasteiger partial charge is 0.238 e. The van der Waals surface area contributed by atoms with Gasteiger partial charge in [0, 0.05) is 12.4 Å². The lowest BCUT2D eigenvalue weighted by atomic mass is 9.33. The van der Waals surface area contributed by atoms with Gasteiger partial charge < -0.3 is 5.11 Å². The Balaban J connectivity index is 1.43. The van der Waals surface area contributed by atoms with Crippen molar-refractivity contribution in [1.82, 2.24) is 9.55 Å². The predicted molar refractivity (Wildman–Crippen MR) is 148 cm³/mol. The van der Waals surface area contributed by atoms with Crippen molar-refractivity contribution in [2.45, 2.75) is 99.0 Å². The van der Waals surface area contributed by atoms with Crippen LogP contribution >= 0.6 is 0 Å². The average molecular weight is 505 g/mol. The van der Waals surface area contributed by atoms with Crippen LogP contribution in [0.25, 0.3) is 0 Å². The fraction of sp³-hybridized carbons (Fsp3) is 0.758. The van der Waals surface area contributed by atoms with E-state index >= 15 is 0 Å². The highest BCUT2D eigenvalue weighted by Crippen LogP contribution is 2.77. The SMILES string of the molecule is C=C(C)[C@@H]1CC[C@]2(C(=O)n3ccnc3)CC[C@]3(C)C(CCC4[C@@]5(C)C=C[C@H](O)C(C)(C)C5CC[C@]43C)C12. The molecule has 0 radical (unpaired) electrons. The minimum atomic E-state index is -0.360. The summed E-state index contributed by atoms with van der Waals surface area (Å²) in [6.45, 7) is 19.0. The zero-order chi connectivity index (χ0) is 26.6. The van der Waals surface area contributed by atoms with Crippen LogP contribution in [-0.4, -0.2) is 26.7 Å². The van der Waals surface area contributed by atoms with E-state index in [1.807, 2.05) is 6.20 Å². The second kappa shape index (κ2) is 7.93. The summed E-state index contributed by atoms with van der Waals surface area (Å²) in [6.07, 6.45) is 18.5. The van der Waals surface area contributed by atoms with Crippen molar-refractivity contribution in [2.75, 3.05) is 0 Å². The van der Waals surface area contributed by atoms with Crippen molar-refractivity contribution < 1.29 is 9.90 Å². The zero-order valence-corrected chi connectivity index (χ0v) is 24.0. The lowest BCUT2D eigenvalue weighted by molar-refractivity contribution is -0.220. The van der Waals surface area contributed by atoms with E-state index in [0.717, 1.165) is 25.7 Å². The number of aliphatic hydroxyl groups excluding tert-OH is 1. The van der Waals surface area contributed by atoms with Crippen LogP contribution in [0.3, 0.4) is 0 Å². The van der Waals surface area contributed by atoms with Crippen molar-refractivity contribution in [3.8, 4) is 0 Å². The number of carbonyl (C=O) groups excluding carboxylic acids is 1. The molecule has 6 rings (SSSR count). The number of nitrogens with zero attached hydrogens (tertiary/aromatic N) is 2. The Labute approximate surface area is 224 Å². The molecule has 0 aliphatic heterocycles. The van der Waals surface area contributed by atoms with Crippen LogP contribution in [0.1, 0.15) is 97.7 Å². The molecule has 202 valence electrons. The summed E-state index contributed by atoms with van der Waals surface area (Å²) < 4.78 is 1.77. The number of fused-ring (bicyclic) bond motifs is 7. The first-order chi connectivity index (χ1) is 17.3. The Hall–Kier alpha value is -1.68. The van der Waals surface area contributed by atoms with Gasteiger partial charge in [0.15, 0.2) is 0 Å². The minimum Gasteiger partial charge on any atom is -0.388 e. The summed E-state index contributed by atoms with van der Waals surface area (Å²) >= 11 is 0. The highest BCUT2D eigenvalue weighted by atomic mass is 16.3. The molecule has 4 saturated carbocycles. The van der Waals surface area contributed by atoms with E-state index in [4.69, 9.17) is 0 Å². The molecule has 0 bridgehead atoms. The van der Waals surface area contributed by atoms with Crippen LogP contribution in [0.2, 0.25) is 0 Å². The summed E-state index contributed by atoms with van der Waals surface area (Å²) in [4.78, 5) is 18.4. The second-order valence-corrected chi connectivity index (χ2v) is 15.1. The van der Waals surface area contributed by atoms with Crippen LogP contribution in [0.4, 0.5) is 0 Å². The van der Waals surface area contributed by atoms with E-state index < -0.39 is 0 Å². The largest absolute Gasteiger partial charge is 0.388 e. The van der Waals surface area contributed by atoms with Gasteiger partial charge in [-0.25, -0.2) is 4.98 Å². The van der Waals surface area contributed by atoms with E-state index in [0.29, 0.717) is 29.6 Å². The molecular formula is C33H48N2O2. The molecule has 4 nitrogen and oxygen atoms in total. The maximum absolute atomic E-state index is 14.2. The lowest BCUT2D eigenvalue weighted by Crippen LogP contribution is -2.66. The number of allylic oxidation sites excluding steroid dienone is 2. The Bertz CT molecular complexity index is 1140. The van der Waals surface area contributed by atoms with Gasteiger partial charge in [0.05, 0.1) is 11.5 Å². The fourth-order valence-corrected chi connectivity index (χ4v) is 11.6. The molecule has 1 aromatic heterocycles. The van der Waals surface area contributed by atoms with Gasteiger partial charge in [-0.15, -0.1) is 0 Å². The zero-order valence-electron chi connectivity index (χ0n) is 24.0. The van der Waals surface area contributed by atoms with Gasteiger partial charge in [0.2, 0.25) is 5.91 Å². The van der Waals surface area contributed by atoms with Gasteiger partial charge in [-0.05, 0) is 110 Å². The molecule has 0 amide bonds. The molecule has 10 atom stereocenters. The molecule has 4 unspecified atom stereocenters. The standard InChI is InChI=1S/C33H48N2O2/c1-21(2)22-10-15-33(28(37)35-19-18-34-20-35)17-16-31(6)23(27(22)33)8-9-25-30(5)13-12-26(36)29(3,4)24(30)11-14-32(25,31)7/h12-13,18-20,22-27,36H,1,8-11,14-17H2,2-7H3/t22-,23?,24?,25?,26-,27?,30-,31+,32+,33-/m0/s1. The number of hydrogen-bond donors (Lipinski definition) is 1. The predicted octanol–water partition coefficient (Wildman–Crippen LogP) is 7.32. The first-order valence-corrected chi connectivity index (χ1v) is 14.9. The quantitative estimate of drug-likeness (QED) is 0.429. The lowest BCUT2D eigenvalue weighted by Gasteiger charge is -2.72. The van der Waals surface area contributed by atoms with E-state index in [1.54, 1.807) is 17.1 Å². The molecule has 5 aliphatic rings. The molecule has 37 heavy (non-hydrogen) atoms. The van der Waals surface area contributed by atoms with Crippen molar-refractivity contribution >= 4 is 5.91 Å². The van der Waals surface area contributed by atoms with E-state index in [9.17, 15) is 9.90 Å². The first kappa shape index (κ1) is 25.6. The van der Waals surface area contributed by atoms with Gasteiger partial charge in [0.25, 0.3) is 0 Å². The van der Waals surface area contributed by atoms with Crippen molar-refractivity contribution in [3.05, 3.63) is 43.0 Å². The fourth-order valence-electron chi connectivity index (χ4n) is 11.6. The average Bonchev–Trinajstić information content (AvgIpc) is 3.51. The Morgan fingerprint density at radius 3 is 2.41 bits per heavy atom. The number of imidazole rings is 1. The molecule has 0 saturated heterocycles. The summed E-state index contributed by atoms with van der Waals surface area (Å²) in [5, 5.41) is 10.9. The maximum Gasteiger partial charge on any atom is 0.238 e. The number of hydrogen-bond acceptors (Lipinski definition) is 3. The summed E-state index contributed by atoms with van der Waals surface area (Å²) in [7, 11) is 0. The normalized spacial score (nSPS) is 49.9. The molecule has 0 spiro atoms. The van der Waals surface area contributed by atoms with Crippen LogP contribution in [0, 0.1) is 56.7 Å². The highest BCUT2D eigenvalue weighted by molar-refractivity contribution is 5.86. The molecule has 0 aromatic carbocycles. The first-order valence-electron chi connectivity index (χ1n) is 14.9. The molecule has 5 aliphatic carbocycles. The Kier molecular flexibility index (Phi) is 5.48. The Morgan fingerprint density at radius 1 is 0.973 bits per heavy atom. The summed E-state index contributed by atoms with van der Waals surface area (Å²) in [5.41, 5.74) is 1.39. The molecule has 1 aromatic rings. The van der Waals surface area contributed by atoms with Crippen LogP contribution in [0.15, 0.2) is 43.0 Å².